The van der Waals surface area contributed by atoms with Crippen LogP contribution in [0.15, 0.2) is 24.3 Å². The van der Waals surface area contributed by atoms with Crippen LogP contribution in [0.5, 0.6) is 5.75 Å². The summed E-state index contributed by atoms with van der Waals surface area (Å²) in [7, 11) is 0. The van der Waals surface area contributed by atoms with E-state index < -0.39 is 0 Å². The summed E-state index contributed by atoms with van der Waals surface area (Å²) in [5.74, 6) is 1.45. The predicted octanol–water partition coefficient (Wildman–Crippen LogP) is 2.98. The van der Waals surface area contributed by atoms with Crippen molar-refractivity contribution >= 4 is 11.6 Å². The highest BCUT2D eigenvalue weighted by atomic mass is 35.5. The van der Waals surface area contributed by atoms with E-state index in [0.29, 0.717) is 12.5 Å². The smallest absolute Gasteiger partial charge is 0.122 e. The van der Waals surface area contributed by atoms with Crippen molar-refractivity contribution in [2.75, 3.05) is 13.2 Å². The molecule has 1 unspecified atom stereocenters. The molecule has 1 aliphatic rings. The molecule has 0 spiro atoms. The van der Waals surface area contributed by atoms with Crippen molar-refractivity contribution in [1.29, 1.82) is 0 Å². The maximum atomic E-state index is 5.79. The van der Waals surface area contributed by atoms with E-state index in [-0.39, 0.29) is 6.10 Å². The van der Waals surface area contributed by atoms with Crippen LogP contribution in [-0.4, -0.2) is 19.3 Å². The lowest BCUT2D eigenvalue weighted by Crippen LogP contribution is -2.27. The van der Waals surface area contributed by atoms with Gasteiger partial charge in [-0.05, 0) is 30.5 Å². The fourth-order valence-corrected chi connectivity index (χ4v) is 1.83. The Morgan fingerprint density at radius 3 is 2.73 bits per heavy atom. The van der Waals surface area contributed by atoms with Gasteiger partial charge in [-0.25, -0.2) is 0 Å². The van der Waals surface area contributed by atoms with E-state index in [9.17, 15) is 0 Å². The zero-order chi connectivity index (χ0) is 10.5. The van der Waals surface area contributed by atoms with Crippen LogP contribution in [0, 0.1) is 0 Å². The van der Waals surface area contributed by atoms with Crippen LogP contribution in [0.1, 0.15) is 18.4 Å². The van der Waals surface area contributed by atoms with Gasteiger partial charge in [0.2, 0.25) is 0 Å². The SMILES string of the molecule is ClCc1ccc(OC2CCCOC2)cc1. The fraction of sp³-hybridized carbons (Fsp3) is 0.500. The average molecular weight is 227 g/mol. The molecule has 2 nitrogen and oxygen atoms in total. The second-order valence-electron chi connectivity index (χ2n) is 3.73. The molecule has 1 aliphatic heterocycles. The average Bonchev–Trinajstić information content (AvgIpc) is 2.31. The lowest BCUT2D eigenvalue weighted by molar-refractivity contribution is 0.00743. The summed E-state index contributed by atoms with van der Waals surface area (Å²) in [6, 6.07) is 7.91. The van der Waals surface area contributed by atoms with Crippen molar-refractivity contribution in [2.24, 2.45) is 0 Å². The molecule has 2 rings (SSSR count). The molecule has 1 heterocycles. The molecule has 82 valence electrons. The van der Waals surface area contributed by atoms with Gasteiger partial charge in [-0.1, -0.05) is 12.1 Å². The minimum Gasteiger partial charge on any atom is -0.488 e. The number of rotatable bonds is 3. The van der Waals surface area contributed by atoms with Crippen molar-refractivity contribution in [3.05, 3.63) is 29.8 Å². The number of benzene rings is 1. The number of hydrogen-bond donors (Lipinski definition) is 0. The quantitative estimate of drug-likeness (QED) is 0.738. The Hall–Kier alpha value is -0.730. The summed E-state index contributed by atoms with van der Waals surface area (Å²) >= 11 is 5.71. The summed E-state index contributed by atoms with van der Waals surface area (Å²) in [4.78, 5) is 0. The maximum absolute atomic E-state index is 5.79. The molecule has 0 radical (unpaired) electrons. The van der Waals surface area contributed by atoms with Gasteiger partial charge in [0.1, 0.15) is 11.9 Å². The van der Waals surface area contributed by atoms with E-state index >= 15 is 0 Å². The van der Waals surface area contributed by atoms with Gasteiger partial charge in [0.15, 0.2) is 0 Å². The number of hydrogen-bond acceptors (Lipinski definition) is 2. The second kappa shape index (κ2) is 5.38. The highest BCUT2D eigenvalue weighted by Crippen LogP contribution is 2.18. The van der Waals surface area contributed by atoms with Gasteiger partial charge in [-0.15, -0.1) is 11.6 Å². The third-order valence-electron chi connectivity index (χ3n) is 2.50. The molecular formula is C12H15ClO2. The predicted molar refractivity (Wildman–Crippen MR) is 60.5 cm³/mol. The minimum absolute atomic E-state index is 0.209. The summed E-state index contributed by atoms with van der Waals surface area (Å²) in [6.45, 7) is 1.57. The lowest BCUT2D eigenvalue weighted by atomic mass is 10.2. The van der Waals surface area contributed by atoms with E-state index in [1.165, 1.54) is 0 Å². The van der Waals surface area contributed by atoms with E-state index in [1.807, 2.05) is 24.3 Å². The third-order valence-corrected chi connectivity index (χ3v) is 2.81. The van der Waals surface area contributed by atoms with E-state index in [0.717, 1.165) is 30.8 Å². The number of ether oxygens (including phenoxy) is 2. The van der Waals surface area contributed by atoms with Crippen molar-refractivity contribution in [2.45, 2.75) is 24.8 Å². The van der Waals surface area contributed by atoms with Gasteiger partial charge < -0.3 is 9.47 Å². The van der Waals surface area contributed by atoms with Gasteiger partial charge in [-0.3, -0.25) is 0 Å². The molecule has 1 fully saturated rings. The zero-order valence-electron chi connectivity index (χ0n) is 8.62. The van der Waals surface area contributed by atoms with E-state index in [1.54, 1.807) is 0 Å². The fourth-order valence-electron chi connectivity index (χ4n) is 1.65. The first-order valence-electron chi connectivity index (χ1n) is 5.28. The van der Waals surface area contributed by atoms with Crippen molar-refractivity contribution in [1.82, 2.24) is 0 Å². The molecule has 0 aliphatic carbocycles. The molecule has 1 aromatic carbocycles. The summed E-state index contributed by atoms with van der Waals surface area (Å²) in [5, 5.41) is 0. The summed E-state index contributed by atoms with van der Waals surface area (Å²) in [6.07, 6.45) is 2.38. The van der Waals surface area contributed by atoms with Crippen molar-refractivity contribution < 1.29 is 9.47 Å². The highest BCUT2D eigenvalue weighted by Gasteiger charge is 2.14. The van der Waals surface area contributed by atoms with Crippen LogP contribution in [0.4, 0.5) is 0 Å². The van der Waals surface area contributed by atoms with Crippen molar-refractivity contribution in [3.8, 4) is 5.75 Å². The molecule has 0 bridgehead atoms. The Bertz CT molecular complexity index is 291. The molecule has 1 saturated heterocycles. The van der Waals surface area contributed by atoms with Crippen LogP contribution < -0.4 is 4.74 Å². The Morgan fingerprint density at radius 2 is 2.13 bits per heavy atom. The van der Waals surface area contributed by atoms with Crippen molar-refractivity contribution in [3.63, 3.8) is 0 Å². The van der Waals surface area contributed by atoms with Gasteiger partial charge in [0.25, 0.3) is 0 Å². The standard InChI is InChI=1S/C12H15ClO2/c13-8-10-3-5-11(6-4-10)15-12-2-1-7-14-9-12/h3-6,12H,1-2,7-9H2. The largest absolute Gasteiger partial charge is 0.488 e. The normalized spacial score (nSPS) is 21.3. The Kier molecular flexibility index (Phi) is 3.87. The minimum atomic E-state index is 0.209. The van der Waals surface area contributed by atoms with Crippen LogP contribution >= 0.6 is 11.6 Å². The summed E-state index contributed by atoms with van der Waals surface area (Å²) in [5.41, 5.74) is 1.11. The zero-order valence-corrected chi connectivity index (χ0v) is 9.37. The number of halogens is 1. The molecule has 0 saturated carbocycles. The molecule has 0 N–H and O–H groups in total. The molecule has 1 aromatic rings. The van der Waals surface area contributed by atoms with Crippen LogP contribution in [0.3, 0.4) is 0 Å². The Morgan fingerprint density at radius 1 is 1.33 bits per heavy atom. The molecular weight excluding hydrogens is 212 g/mol. The van der Waals surface area contributed by atoms with Gasteiger partial charge in [0, 0.05) is 12.5 Å². The second-order valence-corrected chi connectivity index (χ2v) is 4.00. The molecule has 0 amide bonds. The van der Waals surface area contributed by atoms with Crippen LogP contribution in [-0.2, 0) is 10.6 Å². The van der Waals surface area contributed by atoms with Gasteiger partial charge in [-0.2, -0.15) is 0 Å². The first-order valence-corrected chi connectivity index (χ1v) is 5.81. The van der Waals surface area contributed by atoms with Crippen LogP contribution in [0.2, 0.25) is 0 Å². The Labute approximate surface area is 95.1 Å². The topological polar surface area (TPSA) is 18.5 Å². The monoisotopic (exact) mass is 226 g/mol. The highest BCUT2D eigenvalue weighted by molar-refractivity contribution is 6.17. The first-order chi connectivity index (χ1) is 7.38. The molecule has 3 heteroatoms. The van der Waals surface area contributed by atoms with E-state index in [4.69, 9.17) is 21.1 Å². The Balaban J connectivity index is 1.91. The maximum Gasteiger partial charge on any atom is 0.122 e. The molecule has 1 atom stereocenters. The summed E-state index contributed by atoms with van der Waals surface area (Å²) < 4.78 is 11.1. The first kappa shape index (κ1) is 10.8. The van der Waals surface area contributed by atoms with Gasteiger partial charge >= 0.3 is 0 Å². The molecule has 15 heavy (non-hydrogen) atoms. The van der Waals surface area contributed by atoms with E-state index in [2.05, 4.69) is 0 Å². The lowest BCUT2D eigenvalue weighted by Gasteiger charge is -2.23. The van der Waals surface area contributed by atoms with Gasteiger partial charge in [0.05, 0.1) is 6.61 Å². The third kappa shape index (κ3) is 3.11. The molecule has 0 aromatic heterocycles. The number of alkyl halides is 1. The van der Waals surface area contributed by atoms with Crippen LogP contribution in [0.25, 0.3) is 0 Å².